The van der Waals surface area contributed by atoms with Gasteiger partial charge >= 0.3 is 6.09 Å². The van der Waals surface area contributed by atoms with Crippen LogP contribution >= 0.6 is 0 Å². The SMILES string of the molecule is C=CCN1C(=O)C(NC(=O)OCc2ccccc2)CN(Cc2ccccc2)C(=O)C1Cc1ccccc1. The van der Waals surface area contributed by atoms with Gasteiger partial charge in [0.2, 0.25) is 11.8 Å². The van der Waals surface area contributed by atoms with E-state index in [4.69, 9.17) is 4.74 Å². The van der Waals surface area contributed by atoms with Crippen LogP contribution in [0.1, 0.15) is 16.7 Å². The zero-order valence-electron chi connectivity index (χ0n) is 20.7. The number of benzene rings is 3. The Hall–Kier alpha value is -4.39. The van der Waals surface area contributed by atoms with Crippen molar-refractivity contribution in [2.45, 2.75) is 31.7 Å². The average Bonchev–Trinajstić information content (AvgIpc) is 3.01. The third kappa shape index (κ3) is 6.85. The first-order valence-electron chi connectivity index (χ1n) is 12.3. The highest BCUT2D eigenvalue weighted by Crippen LogP contribution is 2.20. The number of nitrogens with one attached hydrogen (secondary N) is 1. The molecule has 3 amide bonds. The number of nitrogens with zero attached hydrogens (tertiary/aromatic N) is 2. The van der Waals surface area contributed by atoms with E-state index in [0.29, 0.717) is 13.0 Å². The molecule has 7 heteroatoms. The van der Waals surface area contributed by atoms with Crippen LogP contribution in [0.4, 0.5) is 4.79 Å². The van der Waals surface area contributed by atoms with Gasteiger partial charge in [-0.2, -0.15) is 0 Å². The zero-order chi connectivity index (χ0) is 26.0. The molecule has 1 N–H and O–H groups in total. The van der Waals surface area contributed by atoms with Crippen molar-refractivity contribution in [3.8, 4) is 0 Å². The lowest BCUT2D eigenvalue weighted by Crippen LogP contribution is -2.52. The van der Waals surface area contributed by atoms with Crippen molar-refractivity contribution in [1.82, 2.24) is 15.1 Å². The highest BCUT2D eigenvalue weighted by Gasteiger charge is 2.41. The van der Waals surface area contributed by atoms with Crippen molar-refractivity contribution in [3.05, 3.63) is 120 Å². The van der Waals surface area contributed by atoms with E-state index in [1.54, 1.807) is 11.0 Å². The molecule has 1 heterocycles. The van der Waals surface area contributed by atoms with Crippen LogP contribution in [0.25, 0.3) is 0 Å². The summed E-state index contributed by atoms with van der Waals surface area (Å²) in [5.41, 5.74) is 2.71. The Morgan fingerprint density at radius 1 is 0.865 bits per heavy atom. The number of carbonyl (C=O) groups is 3. The number of ether oxygens (including phenoxy) is 1. The van der Waals surface area contributed by atoms with Gasteiger partial charge in [0.1, 0.15) is 18.7 Å². The van der Waals surface area contributed by atoms with Gasteiger partial charge in [-0.1, -0.05) is 97.1 Å². The number of carbonyl (C=O) groups excluding carboxylic acids is 3. The van der Waals surface area contributed by atoms with Crippen molar-refractivity contribution >= 4 is 17.9 Å². The molecule has 0 bridgehead atoms. The standard InChI is InChI=1S/C30H31N3O4/c1-2-18-33-27(19-23-12-6-3-7-13-23)29(35)32(20-24-14-8-4-9-15-24)21-26(28(33)34)31-30(36)37-22-25-16-10-5-11-17-25/h2-17,26-27H,1,18-22H2,(H,31,36). The van der Waals surface area contributed by atoms with Gasteiger partial charge in [-0.25, -0.2) is 4.79 Å². The Kier molecular flexibility index (Phi) is 8.70. The van der Waals surface area contributed by atoms with Crippen molar-refractivity contribution < 1.29 is 19.1 Å². The van der Waals surface area contributed by atoms with E-state index < -0.39 is 18.2 Å². The lowest BCUT2D eigenvalue weighted by molar-refractivity contribution is -0.141. The average molecular weight is 498 g/mol. The van der Waals surface area contributed by atoms with Crippen LogP contribution in [0.3, 0.4) is 0 Å². The Bertz CT molecular complexity index is 1200. The fourth-order valence-corrected chi connectivity index (χ4v) is 4.44. The van der Waals surface area contributed by atoms with Gasteiger partial charge in [0.25, 0.3) is 0 Å². The van der Waals surface area contributed by atoms with E-state index in [9.17, 15) is 14.4 Å². The molecule has 1 aliphatic heterocycles. The van der Waals surface area contributed by atoms with Gasteiger partial charge in [-0.15, -0.1) is 6.58 Å². The molecule has 3 aromatic rings. The molecular weight excluding hydrogens is 466 g/mol. The summed E-state index contributed by atoms with van der Waals surface area (Å²) in [5, 5.41) is 2.71. The summed E-state index contributed by atoms with van der Waals surface area (Å²) >= 11 is 0. The van der Waals surface area contributed by atoms with Gasteiger partial charge in [0, 0.05) is 19.5 Å². The summed E-state index contributed by atoms with van der Waals surface area (Å²) in [4.78, 5) is 43.5. The first-order chi connectivity index (χ1) is 18.0. The summed E-state index contributed by atoms with van der Waals surface area (Å²) in [6.45, 7) is 4.40. The number of alkyl carbamates (subject to hydrolysis) is 1. The number of hydrogen-bond acceptors (Lipinski definition) is 4. The van der Waals surface area contributed by atoms with Gasteiger partial charge < -0.3 is 19.9 Å². The minimum atomic E-state index is -0.961. The maximum Gasteiger partial charge on any atom is 0.408 e. The third-order valence-electron chi connectivity index (χ3n) is 6.28. The molecule has 2 atom stereocenters. The van der Waals surface area contributed by atoms with Crippen LogP contribution in [0.2, 0.25) is 0 Å². The Balaban J connectivity index is 1.59. The van der Waals surface area contributed by atoms with Gasteiger partial charge in [0.05, 0.1) is 6.54 Å². The zero-order valence-corrected chi connectivity index (χ0v) is 20.7. The summed E-state index contributed by atoms with van der Waals surface area (Å²) in [5.74, 6) is -0.522. The molecule has 0 spiro atoms. The second kappa shape index (κ2) is 12.5. The van der Waals surface area contributed by atoms with E-state index in [-0.39, 0.29) is 31.5 Å². The summed E-state index contributed by atoms with van der Waals surface area (Å²) in [6, 6.07) is 26.8. The molecule has 7 nitrogen and oxygen atoms in total. The Morgan fingerprint density at radius 2 is 1.43 bits per heavy atom. The van der Waals surface area contributed by atoms with Crippen LogP contribution in [-0.4, -0.2) is 52.9 Å². The minimum Gasteiger partial charge on any atom is -0.445 e. The molecule has 0 saturated carbocycles. The second-order valence-corrected chi connectivity index (χ2v) is 8.95. The van der Waals surface area contributed by atoms with Gasteiger partial charge in [-0.3, -0.25) is 9.59 Å². The normalized spacial score (nSPS) is 17.7. The predicted octanol–water partition coefficient (Wildman–Crippen LogP) is 3.95. The van der Waals surface area contributed by atoms with Crippen molar-refractivity contribution in [2.75, 3.05) is 13.1 Å². The molecule has 1 saturated heterocycles. The van der Waals surface area contributed by atoms with E-state index in [0.717, 1.165) is 16.7 Å². The molecule has 2 unspecified atom stereocenters. The monoisotopic (exact) mass is 497 g/mol. The molecule has 0 radical (unpaired) electrons. The number of amides is 3. The lowest BCUT2D eigenvalue weighted by Gasteiger charge is -2.30. The molecule has 4 rings (SSSR count). The first kappa shape index (κ1) is 25.7. The molecule has 3 aromatic carbocycles. The van der Waals surface area contributed by atoms with Crippen molar-refractivity contribution in [1.29, 1.82) is 0 Å². The predicted molar refractivity (Wildman–Crippen MR) is 141 cm³/mol. The topological polar surface area (TPSA) is 79.0 Å². The fraction of sp³-hybridized carbons (Fsp3) is 0.233. The van der Waals surface area contributed by atoms with E-state index >= 15 is 0 Å². The lowest BCUT2D eigenvalue weighted by atomic mass is 10.0. The van der Waals surface area contributed by atoms with Crippen molar-refractivity contribution in [2.24, 2.45) is 0 Å². The molecule has 1 aliphatic rings. The van der Waals surface area contributed by atoms with Crippen LogP contribution in [0.15, 0.2) is 104 Å². The minimum absolute atomic E-state index is 0.0337. The van der Waals surface area contributed by atoms with E-state index in [1.165, 1.54) is 4.90 Å². The smallest absolute Gasteiger partial charge is 0.408 e. The van der Waals surface area contributed by atoms with Crippen LogP contribution in [0, 0.1) is 0 Å². The maximum atomic E-state index is 13.9. The fourth-order valence-electron chi connectivity index (χ4n) is 4.44. The number of rotatable bonds is 9. The molecule has 0 aromatic heterocycles. The quantitative estimate of drug-likeness (QED) is 0.454. The number of hydrogen-bond donors (Lipinski definition) is 1. The first-order valence-corrected chi connectivity index (χ1v) is 12.3. The largest absolute Gasteiger partial charge is 0.445 e. The summed E-state index contributed by atoms with van der Waals surface area (Å²) in [6.07, 6.45) is 1.24. The van der Waals surface area contributed by atoms with E-state index in [2.05, 4.69) is 11.9 Å². The van der Waals surface area contributed by atoms with Crippen LogP contribution < -0.4 is 5.32 Å². The molecule has 190 valence electrons. The third-order valence-corrected chi connectivity index (χ3v) is 6.28. The highest BCUT2D eigenvalue weighted by atomic mass is 16.5. The molecular formula is C30H31N3O4. The maximum absolute atomic E-state index is 13.9. The Morgan fingerprint density at radius 3 is 2.03 bits per heavy atom. The molecule has 0 aliphatic carbocycles. The Labute approximate surface area is 217 Å². The highest BCUT2D eigenvalue weighted by molar-refractivity contribution is 5.94. The summed E-state index contributed by atoms with van der Waals surface area (Å²) < 4.78 is 5.37. The van der Waals surface area contributed by atoms with Crippen molar-refractivity contribution in [3.63, 3.8) is 0 Å². The molecule has 1 fully saturated rings. The summed E-state index contributed by atoms with van der Waals surface area (Å²) in [7, 11) is 0. The molecule has 37 heavy (non-hydrogen) atoms. The van der Waals surface area contributed by atoms with Crippen LogP contribution in [0.5, 0.6) is 0 Å². The van der Waals surface area contributed by atoms with Crippen LogP contribution in [-0.2, 0) is 33.9 Å². The van der Waals surface area contributed by atoms with E-state index in [1.807, 2.05) is 91.0 Å². The second-order valence-electron chi connectivity index (χ2n) is 8.95. The van der Waals surface area contributed by atoms with Gasteiger partial charge in [0.15, 0.2) is 0 Å². The van der Waals surface area contributed by atoms with Gasteiger partial charge in [-0.05, 0) is 16.7 Å².